The van der Waals surface area contributed by atoms with Gasteiger partial charge in [-0.25, -0.2) is 0 Å². The fourth-order valence-corrected chi connectivity index (χ4v) is 2.79. The second-order valence-electron chi connectivity index (χ2n) is 4.90. The van der Waals surface area contributed by atoms with E-state index >= 15 is 0 Å². The molecule has 0 saturated heterocycles. The van der Waals surface area contributed by atoms with Crippen LogP contribution in [0.2, 0.25) is 0 Å². The summed E-state index contributed by atoms with van der Waals surface area (Å²) in [7, 11) is -0.746. The first-order valence-corrected chi connectivity index (χ1v) is 6.64. The van der Waals surface area contributed by atoms with Crippen molar-refractivity contribution in [1.29, 1.82) is 0 Å². The van der Waals surface area contributed by atoms with Gasteiger partial charge in [0.15, 0.2) is 0 Å². The molecule has 0 atom stereocenters. The lowest BCUT2D eigenvalue weighted by molar-refractivity contribution is 0.317. The van der Waals surface area contributed by atoms with E-state index in [1.807, 2.05) is 18.2 Å². The summed E-state index contributed by atoms with van der Waals surface area (Å²) in [6.07, 6.45) is 6.91. The van der Waals surface area contributed by atoms with Gasteiger partial charge in [-0.3, -0.25) is 0 Å². The molecule has 1 aromatic rings. The summed E-state index contributed by atoms with van der Waals surface area (Å²) < 4.78 is 5.43. The van der Waals surface area contributed by atoms with E-state index in [0.29, 0.717) is 6.61 Å². The molecule has 2 aliphatic rings. The first-order valence-electron chi connectivity index (χ1n) is 6.64. The molecule has 2 nitrogen and oxygen atoms in total. The summed E-state index contributed by atoms with van der Waals surface area (Å²) in [5, 5.41) is 10.1. The lowest BCUT2D eigenvalue weighted by atomic mass is 9.70. The van der Waals surface area contributed by atoms with E-state index in [0.717, 1.165) is 29.5 Å². The highest BCUT2D eigenvalue weighted by Gasteiger charge is 2.33. The minimum absolute atomic E-state index is 0.512. The molecule has 0 amide bonds. The summed E-state index contributed by atoms with van der Waals surface area (Å²) in [5.74, 6) is 0. The second-order valence-corrected chi connectivity index (χ2v) is 4.90. The highest BCUT2D eigenvalue weighted by Crippen LogP contribution is 2.35. The Morgan fingerprint density at radius 3 is 2.67 bits per heavy atom. The summed E-state index contributed by atoms with van der Waals surface area (Å²) >= 11 is 0. The quantitative estimate of drug-likeness (QED) is 0.805. The van der Waals surface area contributed by atoms with Crippen LogP contribution in [0.15, 0.2) is 47.5 Å². The molecule has 3 rings (SSSR count). The zero-order chi connectivity index (χ0) is 12.4. The van der Waals surface area contributed by atoms with Gasteiger partial charge in [0.2, 0.25) is 0 Å². The van der Waals surface area contributed by atoms with Gasteiger partial charge in [0.25, 0.3) is 0 Å². The predicted molar refractivity (Wildman–Crippen MR) is 73.8 cm³/mol. The van der Waals surface area contributed by atoms with Gasteiger partial charge in [-0.15, -0.1) is 0 Å². The van der Waals surface area contributed by atoms with Crippen LogP contribution in [0.4, 0.5) is 0 Å². The zero-order valence-electron chi connectivity index (χ0n) is 10.4. The van der Waals surface area contributed by atoms with Crippen molar-refractivity contribution in [3.63, 3.8) is 0 Å². The Hall–Kier alpha value is -1.32. The Balaban J connectivity index is 2.03. The molecule has 0 fully saturated rings. The van der Waals surface area contributed by atoms with E-state index in [2.05, 4.69) is 18.2 Å². The molecular weight excluding hydrogens is 223 g/mol. The Labute approximate surface area is 108 Å². The molecule has 0 saturated carbocycles. The molecule has 1 aliphatic heterocycles. The van der Waals surface area contributed by atoms with Crippen molar-refractivity contribution in [2.24, 2.45) is 0 Å². The van der Waals surface area contributed by atoms with Crippen LogP contribution < -0.4 is 0 Å². The van der Waals surface area contributed by atoms with E-state index in [-0.39, 0.29) is 0 Å². The molecule has 3 heteroatoms. The Bertz CT molecular complexity index is 490. The molecule has 1 aliphatic carbocycles. The van der Waals surface area contributed by atoms with Crippen LogP contribution in [0.3, 0.4) is 0 Å². The van der Waals surface area contributed by atoms with Crippen LogP contribution in [-0.2, 0) is 4.65 Å². The van der Waals surface area contributed by atoms with Crippen LogP contribution >= 0.6 is 0 Å². The Morgan fingerprint density at radius 2 is 1.94 bits per heavy atom. The smallest absolute Gasteiger partial charge is 0.423 e. The molecule has 0 unspecified atom stereocenters. The van der Waals surface area contributed by atoms with Crippen molar-refractivity contribution in [2.45, 2.75) is 25.7 Å². The third-order valence-corrected chi connectivity index (χ3v) is 3.72. The fraction of sp³-hybridized carbons (Fsp3) is 0.333. The van der Waals surface area contributed by atoms with Crippen LogP contribution in [0.25, 0.3) is 5.57 Å². The molecule has 1 aromatic carbocycles. The van der Waals surface area contributed by atoms with E-state index in [1.54, 1.807) is 0 Å². The van der Waals surface area contributed by atoms with Gasteiger partial charge in [0.1, 0.15) is 0 Å². The first kappa shape index (κ1) is 11.8. The van der Waals surface area contributed by atoms with Crippen LogP contribution in [-0.4, -0.2) is 18.7 Å². The molecular formula is C15H17BO2. The number of hydrogen-bond donors (Lipinski definition) is 1. The van der Waals surface area contributed by atoms with Crippen molar-refractivity contribution in [3.8, 4) is 0 Å². The average molecular weight is 240 g/mol. The van der Waals surface area contributed by atoms with E-state index in [1.165, 1.54) is 18.4 Å². The minimum Gasteiger partial charge on any atom is -0.423 e. The van der Waals surface area contributed by atoms with Crippen molar-refractivity contribution in [1.82, 2.24) is 0 Å². The normalized spacial score (nSPS) is 20.3. The van der Waals surface area contributed by atoms with E-state index in [4.69, 9.17) is 4.65 Å². The van der Waals surface area contributed by atoms with Crippen molar-refractivity contribution < 1.29 is 9.68 Å². The van der Waals surface area contributed by atoms with Gasteiger partial charge in [-0.1, -0.05) is 42.0 Å². The summed E-state index contributed by atoms with van der Waals surface area (Å²) in [6, 6.07) is 10.2. The molecule has 0 aromatic heterocycles. The lowest BCUT2D eigenvalue weighted by Gasteiger charge is -2.16. The number of allylic oxidation sites excluding steroid dienone is 3. The highest BCUT2D eigenvalue weighted by atomic mass is 16.5. The monoisotopic (exact) mass is 240 g/mol. The molecule has 1 N–H and O–H groups in total. The molecule has 0 spiro atoms. The van der Waals surface area contributed by atoms with Crippen molar-refractivity contribution in [3.05, 3.63) is 53.0 Å². The van der Waals surface area contributed by atoms with Gasteiger partial charge in [-0.05, 0) is 42.3 Å². The van der Waals surface area contributed by atoms with E-state index < -0.39 is 7.12 Å². The van der Waals surface area contributed by atoms with Gasteiger partial charge in [0, 0.05) is 0 Å². The zero-order valence-corrected chi connectivity index (χ0v) is 10.4. The fourth-order valence-electron chi connectivity index (χ4n) is 2.79. The van der Waals surface area contributed by atoms with Crippen LogP contribution in [0.5, 0.6) is 0 Å². The van der Waals surface area contributed by atoms with Gasteiger partial charge in [0.05, 0.1) is 6.61 Å². The average Bonchev–Trinajstić information content (AvgIpc) is 2.83. The standard InChI is InChI=1S/C15H17BO2/c17-16-15(13-9-5-2-6-10-13)14(11-18-16)12-7-3-1-4-8-12/h1,3-4,7-9,17H,2,5-6,10-11H2. The third-order valence-electron chi connectivity index (χ3n) is 3.72. The minimum atomic E-state index is -0.746. The van der Waals surface area contributed by atoms with Gasteiger partial charge in [-0.2, -0.15) is 0 Å². The Morgan fingerprint density at radius 1 is 1.11 bits per heavy atom. The summed E-state index contributed by atoms with van der Waals surface area (Å²) in [4.78, 5) is 0. The van der Waals surface area contributed by atoms with Gasteiger partial charge < -0.3 is 9.68 Å². The van der Waals surface area contributed by atoms with Crippen molar-refractivity contribution >= 4 is 12.7 Å². The molecule has 92 valence electrons. The maximum atomic E-state index is 10.1. The highest BCUT2D eigenvalue weighted by molar-refractivity contribution is 6.57. The van der Waals surface area contributed by atoms with Gasteiger partial charge >= 0.3 is 7.12 Å². The largest absolute Gasteiger partial charge is 0.492 e. The second kappa shape index (κ2) is 5.13. The lowest BCUT2D eigenvalue weighted by Crippen LogP contribution is -2.17. The number of hydrogen-bond acceptors (Lipinski definition) is 2. The third kappa shape index (κ3) is 2.16. The van der Waals surface area contributed by atoms with E-state index in [9.17, 15) is 5.02 Å². The number of rotatable bonds is 2. The predicted octanol–water partition coefficient (Wildman–Crippen LogP) is 2.99. The Kier molecular flexibility index (Phi) is 3.35. The maximum absolute atomic E-state index is 10.1. The molecule has 0 bridgehead atoms. The molecule has 18 heavy (non-hydrogen) atoms. The van der Waals surface area contributed by atoms with Crippen LogP contribution in [0, 0.1) is 0 Å². The topological polar surface area (TPSA) is 29.5 Å². The molecule has 0 radical (unpaired) electrons. The SMILES string of the molecule is OB1OCC(c2ccccc2)=C1C1=CCCCC1. The number of benzene rings is 1. The van der Waals surface area contributed by atoms with Crippen molar-refractivity contribution in [2.75, 3.05) is 6.61 Å². The molecule has 1 heterocycles. The maximum Gasteiger partial charge on any atom is 0.492 e. The van der Waals surface area contributed by atoms with Crippen LogP contribution in [0.1, 0.15) is 31.2 Å². The first-order chi connectivity index (χ1) is 8.86. The summed E-state index contributed by atoms with van der Waals surface area (Å²) in [6.45, 7) is 0.512. The summed E-state index contributed by atoms with van der Waals surface area (Å²) in [5.41, 5.74) is 4.61.